The zero-order chi connectivity index (χ0) is 15.5. The van der Waals surface area contributed by atoms with Gasteiger partial charge in [-0.05, 0) is 31.2 Å². The van der Waals surface area contributed by atoms with E-state index in [1.807, 2.05) is 6.07 Å². The highest BCUT2D eigenvalue weighted by Crippen LogP contribution is 2.07. The summed E-state index contributed by atoms with van der Waals surface area (Å²) in [5.74, 6) is 0.169. The topological polar surface area (TPSA) is 74.3 Å². The van der Waals surface area contributed by atoms with Gasteiger partial charge in [0.25, 0.3) is 5.56 Å². The highest BCUT2D eigenvalue weighted by molar-refractivity contribution is 5.86. The fraction of sp³-hybridized carbons (Fsp3) is 0.188. The zero-order valence-corrected chi connectivity index (χ0v) is 12.0. The molecule has 0 amide bonds. The number of aryl methyl sites for hydroxylation is 1. The van der Waals surface area contributed by atoms with Gasteiger partial charge in [-0.15, -0.1) is 0 Å². The Kier molecular flexibility index (Phi) is 3.74. The lowest BCUT2D eigenvalue weighted by atomic mass is 10.2. The number of para-hydroxylation sites is 1. The van der Waals surface area contributed by atoms with E-state index in [0.717, 1.165) is 0 Å². The number of hydrogen-bond donors (Lipinski definition) is 0. The van der Waals surface area contributed by atoms with Crippen molar-refractivity contribution in [3.05, 3.63) is 64.6 Å². The first-order chi connectivity index (χ1) is 10.7. The van der Waals surface area contributed by atoms with Gasteiger partial charge in [-0.2, -0.15) is 0 Å². The summed E-state index contributed by atoms with van der Waals surface area (Å²) >= 11 is 0. The molecule has 0 bridgehead atoms. The zero-order valence-electron chi connectivity index (χ0n) is 12.0. The largest absolute Gasteiger partial charge is 0.458 e. The van der Waals surface area contributed by atoms with Crippen molar-refractivity contribution < 1.29 is 13.9 Å². The van der Waals surface area contributed by atoms with Gasteiger partial charge in [-0.1, -0.05) is 12.1 Å². The van der Waals surface area contributed by atoms with E-state index >= 15 is 0 Å². The minimum Gasteiger partial charge on any atom is -0.458 e. The lowest BCUT2D eigenvalue weighted by Gasteiger charge is -2.10. The SMILES string of the molecule is Cc1nc2ccccc2c(=O)n1CCOC(=O)c1ccco1. The van der Waals surface area contributed by atoms with Crippen molar-refractivity contribution >= 4 is 16.9 Å². The van der Waals surface area contributed by atoms with Crippen LogP contribution in [0.1, 0.15) is 16.4 Å². The van der Waals surface area contributed by atoms with Gasteiger partial charge in [0.1, 0.15) is 12.4 Å². The molecular weight excluding hydrogens is 284 g/mol. The van der Waals surface area contributed by atoms with Crippen LogP contribution >= 0.6 is 0 Å². The number of nitrogens with zero attached hydrogens (tertiary/aromatic N) is 2. The molecule has 112 valence electrons. The molecule has 0 N–H and O–H groups in total. The van der Waals surface area contributed by atoms with Gasteiger partial charge in [0.05, 0.1) is 23.7 Å². The van der Waals surface area contributed by atoms with E-state index in [0.29, 0.717) is 16.7 Å². The quantitative estimate of drug-likeness (QED) is 0.690. The molecule has 0 aliphatic carbocycles. The van der Waals surface area contributed by atoms with Crippen LogP contribution in [-0.4, -0.2) is 22.1 Å². The molecule has 0 unspecified atom stereocenters. The molecule has 1 aromatic carbocycles. The van der Waals surface area contributed by atoms with Crippen molar-refractivity contribution in [3.63, 3.8) is 0 Å². The number of rotatable bonds is 4. The average molecular weight is 298 g/mol. The van der Waals surface area contributed by atoms with E-state index in [-0.39, 0.29) is 24.5 Å². The van der Waals surface area contributed by atoms with Crippen LogP contribution in [0.2, 0.25) is 0 Å². The third kappa shape index (κ3) is 2.63. The third-order valence-electron chi connectivity index (χ3n) is 3.32. The van der Waals surface area contributed by atoms with E-state index in [4.69, 9.17) is 9.15 Å². The Bertz CT molecular complexity index is 865. The number of fused-ring (bicyclic) bond motifs is 1. The van der Waals surface area contributed by atoms with Crippen LogP contribution in [0.3, 0.4) is 0 Å². The van der Waals surface area contributed by atoms with Crippen LogP contribution in [0, 0.1) is 6.92 Å². The maximum atomic E-state index is 12.4. The molecule has 22 heavy (non-hydrogen) atoms. The number of hydrogen-bond acceptors (Lipinski definition) is 5. The van der Waals surface area contributed by atoms with Crippen LogP contribution in [0.4, 0.5) is 0 Å². The second-order valence-electron chi connectivity index (χ2n) is 4.75. The van der Waals surface area contributed by atoms with E-state index in [2.05, 4.69) is 4.98 Å². The number of carbonyl (C=O) groups is 1. The summed E-state index contributed by atoms with van der Waals surface area (Å²) in [4.78, 5) is 28.5. The normalized spacial score (nSPS) is 10.8. The number of carbonyl (C=O) groups excluding carboxylic acids is 1. The van der Waals surface area contributed by atoms with Crippen molar-refractivity contribution in [2.24, 2.45) is 0 Å². The van der Waals surface area contributed by atoms with Crippen molar-refractivity contribution in [2.45, 2.75) is 13.5 Å². The van der Waals surface area contributed by atoms with Crippen molar-refractivity contribution in [3.8, 4) is 0 Å². The summed E-state index contributed by atoms with van der Waals surface area (Å²) in [6.45, 7) is 2.07. The number of furan rings is 1. The van der Waals surface area contributed by atoms with Crippen molar-refractivity contribution in [1.82, 2.24) is 9.55 Å². The summed E-state index contributed by atoms with van der Waals surface area (Å²) in [6, 6.07) is 10.3. The Hall–Kier alpha value is -2.89. The van der Waals surface area contributed by atoms with Crippen LogP contribution in [0.25, 0.3) is 10.9 Å². The first kappa shape index (κ1) is 14.1. The third-order valence-corrected chi connectivity index (χ3v) is 3.32. The minimum atomic E-state index is -0.551. The Morgan fingerprint density at radius 2 is 2.09 bits per heavy atom. The standard InChI is InChI=1S/C16H14N2O4/c1-11-17-13-6-3-2-5-12(13)15(19)18(11)8-10-22-16(20)14-7-4-9-21-14/h2-7,9H,8,10H2,1H3. The van der Waals surface area contributed by atoms with Crippen LogP contribution in [-0.2, 0) is 11.3 Å². The highest BCUT2D eigenvalue weighted by atomic mass is 16.5. The molecule has 6 nitrogen and oxygen atoms in total. The number of esters is 1. The molecule has 3 rings (SSSR count). The fourth-order valence-electron chi connectivity index (χ4n) is 2.24. The predicted molar refractivity (Wildman–Crippen MR) is 79.7 cm³/mol. The molecule has 0 atom stereocenters. The smallest absolute Gasteiger partial charge is 0.374 e. The number of ether oxygens (including phenoxy) is 1. The van der Waals surface area contributed by atoms with E-state index in [9.17, 15) is 9.59 Å². The van der Waals surface area contributed by atoms with Crippen molar-refractivity contribution in [2.75, 3.05) is 6.61 Å². The minimum absolute atomic E-state index is 0.0697. The van der Waals surface area contributed by atoms with Gasteiger partial charge in [-0.3, -0.25) is 9.36 Å². The molecule has 2 aromatic heterocycles. The lowest BCUT2D eigenvalue weighted by Crippen LogP contribution is -2.26. The molecule has 0 radical (unpaired) electrons. The van der Waals surface area contributed by atoms with E-state index < -0.39 is 5.97 Å². The molecule has 6 heteroatoms. The van der Waals surface area contributed by atoms with Crippen LogP contribution in [0.5, 0.6) is 0 Å². The second-order valence-corrected chi connectivity index (χ2v) is 4.75. The predicted octanol–water partition coefficient (Wildman–Crippen LogP) is 2.15. The molecule has 0 saturated heterocycles. The molecule has 2 heterocycles. The van der Waals surface area contributed by atoms with Gasteiger partial charge in [0, 0.05) is 0 Å². The summed E-state index contributed by atoms with van der Waals surface area (Å²) < 4.78 is 11.5. The molecule has 0 aliphatic rings. The van der Waals surface area contributed by atoms with Gasteiger partial charge in [0.2, 0.25) is 5.76 Å². The second kappa shape index (κ2) is 5.85. The van der Waals surface area contributed by atoms with Crippen molar-refractivity contribution in [1.29, 1.82) is 0 Å². The average Bonchev–Trinajstić information content (AvgIpc) is 3.05. The van der Waals surface area contributed by atoms with Crippen LogP contribution in [0.15, 0.2) is 51.9 Å². The molecule has 0 saturated carbocycles. The van der Waals surface area contributed by atoms with Gasteiger partial charge in [0.15, 0.2) is 0 Å². The summed E-state index contributed by atoms with van der Waals surface area (Å²) in [7, 11) is 0. The van der Waals surface area contributed by atoms with Gasteiger partial charge < -0.3 is 9.15 Å². The Balaban J connectivity index is 1.77. The summed E-state index contributed by atoms with van der Waals surface area (Å²) in [5.41, 5.74) is 0.519. The maximum Gasteiger partial charge on any atom is 0.374 e. The Morgan fingerprint density at radius 3 is 2.86 bits per heavy atom. The number of benzene rings is 1. The molecule has 0 aliphatic heterocycles. The summed E-state index contributed by atoms with van der Waals surface area (Å²) in [6.07, 6.45) is 1.40. The molecular formula is C16H14N2O4. The molecule has 0 spiro atoms. The van der Waals surface area contributed by atoms with E-state index in [1.165, 1.54) is 16.9 Å². The first-order valence-electron chi connectivity index (χ1n) is 6.83. The van der Waals surface area contributed by atoms with E-state index in [1.54, 1.807) is 31.2 Å². The highest BCUT2D eigenvalue weighted by Gasteiger charge is 2.11. The summed E-state index contributed by atoms with van der Waals surface area (Å²) in [5, 5.41) is 0.547. The fourth-order valence-corrected chi connectivity index (χ4v) is 2.24. The lowest BCUT2D eigenvalue weighted by molar-refractivity contribution is 0.0453. The Labute approximate surface area is 126 Å². The maximum absolute atomic E-state index is 12.4. The first-order valence-corrected chi connectivity index (χ1v) is 6.83. The molecule has 3 aromatic rings. The monoisotopic (exact) mass is 298 g/mol. The van der Waals surface area contributed by atoms with Gasteiger partial charge >= 0.3 is 5.97 Å². The number of aromatic nitrogens is 2. The van der Waals surface area contributed by atoms with Crippen LogP contribution < -0.4 is 5.56 Å². The van der Waals surface area contributed by atoms with Gasteiger partial charge in [-0.25, -0.2) is 9.78 Å². The molecule has 0 fully saturated rings. The Morgan fingerprint density at radius 1 is 1.27 bits per heavy atom.